The van der Waals surface area contributed by atoms with Gasteiger partial charge in [0.1, 0.15) is 23.0 Å². The summed E-state index contributed by atoms with van der Waals surface area (Å²) in [5, 5.41) is 1.90. The molecule has 0 amide bonds. The van der Waals surface area contributed by atoms with E-state index in [4.69, 9.17) is 18.9 Å². The van der Waals surface area contributed by atoms with Gasteiger partial charge in [-0.2, -0.15) is 0 Å². The van der Waals surface area contributed by atoms with E-state index in [0.29, 0.717) is 11.5 Å². The Morgan fingerprint density at radius 2 is 1.70 bits per heavy atom. The van der Waals surface area contributed by atoms with E-state index in [-0.39, 0.29) is 0 Å². The zero-order chi connectivity index (χ0) is 26.7. The Morgan fingerprint density at radius 1 is 0.973 bits per heavy atom. The van der Waals surface area contributed by atoms with Crippen LogP contribution in [0.1, 0.15) is 23.6 Å². The third-order valence-electron chi connectivity index (χ3n) is 6.86. The molecule has 0 saturated heterocycles. The minimum absolute atomic E-state index is 0.563. The van der Waals surface area contributed by atoms with Crippen molar-refractivity contribution in [1.82, 2.24) is 0 Å². The molecule has 3 aromatic carbocycles. The van der Waals surface area contributed by atoms with E-state index >= 15 is 0 Å². The summed E-state index contributed by atoms with van der Waals surface area (Å²) in [6.45, 7) is 8.05. The molecule has 0 aromatic heterocycles. The van der Waals surface area contributed by atoms with E-state index in [1.54, 1.807) is 21.3 Å². The molecular formula is C32H35NO4. The Hall–Kier alpha value is -4.12. The van der Waals surface area contributed by atoms with Crippen molar-refractivity contribution in [3.05, 3.63) is 101 Å². The molecule has 0 bridgehead atoms. The SMILES string of the molecule is C=C(/C=C\C(=C/C)C1(c2ccc(N(C)C)cc2)C=Cc2c(C)cc3c(OC)cc(OC)cc3c2O1)OC. The highest BCUT2D eigenvalue weighted by molar-refractivity contribution is 5.98. The summed E-state index contributed by atoms with van der Waals surface area (Å²) in [6, 6.07) is 14.5. The van der Waals surface area contributed by atoms with Crippen molar-refractivity contribution < 1.29 is 18.9 Å². The third-order valence-corrected chi connectivity index (χ3v) is 6.86. The van der Waals surface area contributed by atoms with Crippen LogP contribution in [-0.4, -0.2) is 35.4 Å². The molecule has 1 atom stereocenters. The topological polar surface area (TPSA) is 40.2 Å². The summed E-state index contributed by atoms with van der Waals surface area (Å²) >= 11 is 0. The molecule has 192 valence electrons. The molecular weight excluding hydrogens is 462 g/mol. The van der Waals surface area contributed by atoms with Gasteiger partial charge in [0.05, 0.1) is 21.3 Å². The molecule has 0 spiro atoms. The van der Waals surface area contributed by atoms with Crippen molar-refractivity contribution in [2.24, 2.45) is 0 Å². The van der Waals surface area contributed by atoms with Crippen LogP contribution in [0.2, 0.25) is 0 Å². The van der Waals surface area contributed by atoms with Crippen LogP contribution in [0.4, 0.5) is 5.69 Å². The van der Waals surface area contributed by atoms with Gasteiger partial charge < -0.3 is 23.8 Å². The second kappa shape index (κ2) is 10.5. The number of benzene rings is 3. The Labute approximate surface area is 219 Å². The van der Waals surface area contributed by atoms with Crippen LogP contribution in [-0.2, 0) is 10.3 Å². The molecule has 3 aromatic rings. The van der Waals surface area contributed by atoms with Gasteiger partial charge in [-0.05, 0) is 61.4 Å². The van der Waals surface area contributed by atoms with Gasteiger partial charge in [0, 0.05) is 47.7 Å². The largest absolute Gasteiger partial charge is 0.497 e. The highest BCUT2D eigenvalue weighted by atomic mass is 16.5. The lowest BCUT2D eigenvalue weighted by Gasteiger charge is -2.38. The minimum atomic E-state index is -0.881. The third kappa shape index (κ3) is 4.69. The van der Waals surface area contributed by atoms with Gasteiger partial charge in [0.15, 0.2) is 5.60 Å². The molecule has 1 aliphatic heterocycles. The van der Waals surface area contributed by atoms with Crippen molar-refractivity contribution in [3.8, 4) is 17.2 Å². The fourth-order valence-electron chi connectivity index (χ4n) is 4.73. The maximum Gasteiger partial charge on any atom is 0.177 e. The summed E-state index contributed by atoms with van der Waals surface area (Å²) in [4.78, 5) is 2.08. The first-order valence-corrected chi connectivity index (χ1v) is 12.2. The lowest BCUT2D eigenvalue weighted by molar-refractivity contribution is 0.162. The zero-order valence-electron chi connectivity index (χ0n) is 22.7. The molecule has 1 unspecified atom stereocenters. The van der Waals surface area contributed by atoms with Crippen LogP contribution in [0.25, 0.3) is 16.8 Å². The summed E-state index contributed by atoms with van der Waals surface area (Å²) in [6.07, 6.45) is 10.2. The monoisotopic (exact) mass is 497 g/mol. The van der Waals surface area contributed by atoms with Crippen LogP contribution in [0.3, 0.4) is 0 Å². The quantitative estimate of drug-likeness (QED) is 0.243. The second-order valence-corrected chi connectivity index (χ2v) is 9.22. The molecule has 0 radical (unpaired) electrons. The van der Waals surface area contributed by atoms with Crippen molar-refractivity contribution in [2.75, 3.05) is 40.3 Å². The van der Waals surface area contributed by atoms with Gasteiger partial charge in [-0.15, -0.1) is 0 Å². The van der Waals surface area contributed by atoms with Gasteiger partial charge in [-0.3, -0.25) is 0 Å². The Balaban J connectivity index is 2.00. The fraction of sp³-hybridized carbons (Fsp3) is 0.250. The van der Waals surface area contributed by atoms with Crippen molar-refractivity contribution in [1.29, 1.82) is 0 Å². The molecule has 5 nitrogen and oxygen atoms in total. The highest BCUT2D eigenvalue weighted by Crippen LogP contribution is 2.49. The smallest absolute Gasteiger partial charge is 0.177 e. The molecule has 0 aliphatic carbocycles. The number of allylic oxidation sites excluding steroid dienone is 2. The molecule has 1 heterocycles. The van der Waals surface area contributed by atoms with E-state index in [0.717, 1.165) is 50.2 Å². The fourth-order valence-corrected chi connectivity index (χ4v) is 4.73. The van der Waals surface area contributed by atoms with Crippen LogP contribution < -0.4 is 19.1 Å². The molecule has 0 N–H and O–H groups in total. The number of methoxy groups -OCH3 is 3. The lowest BCUT2D eigenvalue weighted by Crippen LogP contribution is -2.35. The van der Waals surface area contributed by atoms with Gasteiger partial charge in [0.25, 0.3) is 0 Å². The first-order chi connectivity index (χ1) is 17.8. The predicted molar refractivity (Wildman–Crippen MR) is 153 cm³/mol. The van der Waals surface area contributed by atoms with Gasteiger partial charge in [0.2, 0.25) is 0 Å². The van der Waals surface area contributed by atoms with Crippen LogP contribution in [0, 0.1) is 6.92 Å². The maximum atomic E-state index is 7.12. The number of fused-ring (bicyclic) bond motifs is 3. The first kappa shape index (κ1) is 26.0. The Bertz CT molecular complexity index is 1410. The molecule has 1 aliphatic rings. The zero-order valence-corrected chi connectivity index (χ0v) is 22.7. The number of anilines is 1. The summed E-state index contributed by atoms with van der Waals surface area (Å²) in [7, 11) is 9.00. The molecule has 4 rings (SSSR count). The van der Waals surface area contributed by atoms with E-state index in [2.05, 4.69) is 67.0 Å². The molecule has 37 heavy (non-hydrogen) atoms. The standard InChI is InChI=1S/C32H35NO4/c1-9-23(11-10-22(3)34-6)32(24-12-14-25(15-13-24)33(4)5)17-16-27-21(2)18-28-29(31(27)37-32)19-26(35-7)20-30(28)36-8/h9-20H,3H2,1-2,4-8H3/b11-10-,23-9+. The average molecular weight is 498 g/mol. The number of rotatable bonds is 8. The van der Waals surface area contributed by atoms with E-state index in [1.165, 1.54) is 0 Å². The number of hydrogen-bond donors (Lipinski definition) is 0. The number of ether oxygens (including phenoxy) is 4. The second-order valence-electron chi connectivity index (χ2n) is 9.22. The minimum Gasteiger partial charge on any atom is -0.497 e. The first-order valence-electron chi connectivity index (χ1n) is 12.2. The maximum absolute atomic E-state index is 7.12. The predicted octanol–water partition coefficient (Wildman–Crippen LogP) is 7.20. The highest BCUT2D eigenvalue weighted by Gasteiger charge is 2.39. The number of hydrogen-bond acceptors (Lipinski definition) is 5. The normalized spacial score (nSPS) is 16.9. The summed E-state index contributed by atoms with van der Waals surface area (Å²) in [5.41, 5.74) is 4.32. The summed E-state index contributed by atoms with van der Waals surface area (Å²) < 4.78 is 23.7. The molecule has 0 saturated carbocycles. The van der Waals surface area contributed by atoms with E-state index < -0.39 is 5.60 Å². The number of nitrogens with zero attached hydrogens (tertiary/aromatic N) is 1. The van der Waals surface area contributed by atoms with E-state index in [1.807, 2.05) is 45.3 Å². The van der Waals surface area contributed by atoms with Crippen molar-refractivity contribution in [2.45, 2.75) is 19.4 Å². The lowest BCUT2D eigenvalue weighted by atomic mass is 9.81. The van der Waals surface area contributed by atoms with Crippen LogP contribution in [0.15, 0.2) is 84.7 Å². The molecule has 5 heteroatoms. The van der Waals surface area contributed by atoms with Gasteiger partial charge in [-0.25, -0.2) is 0 Å². The van der Waals surface area contributed by atoms with Crippen LogP contribution >= 0.6 is 0 Å². The summed E-state index contributed by atoms with van der Waals surface area (Å²) in [5.74, 6) is 2.79. The Kier molecular flexibility index (Phi) is 7.35. The van der Waals surface area contributed by atoms with Crippen molar-refractivity contribution in [3.63, 3.8) is 0 Å². The average Bonchev–Trinajstić information content (AvgIpc) is 2.92. The number of aryl methyl sites for hydroxylation is 1. The Morgan fingerprint density at radius 3 is 2.30 bits per heavy atom. The van der Waals surface area contributed by atoms with Crippen molar-refractivity contribution >= 4 is 22.5 Å². The van der Waals surface area contributed by atoms with Gasteiger partial charge >= 0.3 is 0 Å². The van der Waals surface area contributed by atoms with E-state index in [9.17, 15) is 0 Å². The molecule has 0 fully saturated rings. The van der Waals surface area contributed by atoms with Crippen LogP contribution in [0.5, 0.6) is 17.2 Å². The van der Waals surface area contributed by atoms with Gasteiger partial charge in [-0.1, -0.05) is 36.9 Å².